The number of carbonyl (C=O) groups is 4. The Labute approximate surface area is 206 Å². The van der Waals surface area contributed by atoms with Crippen LogP contribution in [0.25, 0.3) is 0 Å². The van der Waals surface area contributed by atoms with E-state index in [0.29, 0.717) is 0 Å². The fourth-order valence-electron chi connectivity index (χ4n) is 3.28. The molecule has 1 aromatic rings. The van der Waals surface area contributed by atoms with Crippen molar-refractivity contribution >= 4 is 23.8 Å². The summed E-state index contributed by atoms with van der Waals surface area (Å²) in [6.07, 6.45) is -1.29. The summed E-state index contributed by atoms with van der Waals surface area (Å²) >= 11 is 0. The van der Waals surface area contributed by atoms with Gasteiger partial charge in [0.2, 0.25) is 17.7 Å². The van der Waals surface area contributed by atoms with Crippen molar-refractivity contribution in [2.45, 2.75) is 77.6 Å². The molecule has 11 heteroatoms. The van der Waals surface area contributed by atoms with Crippen molar-refractivity contribution in [1.29, 1.82) is 0 Å². The Kier molecular flexibility index (Phi) is 10.5. The fourth-order valence-corrected chi connectivity index (χ4v) is 3.28. The molecule has 2 unspecified atom stereocenters. The number of hydrogen-bond donors (Lipinski definition) is 5. The van der Waals surface area contributed by atoms with Crippen molar-refractivity contribution in [2.24, 2.45) is 5.73 Å². The van der Waals surface area contributed by atoms with Crippen LogP contribution in [0.1, 0.15) is 66.0 Å². The predicted molar refractivity (Wildman–Crippen MR) is 129 cm³/mol. The molecule has 35 heavy (non-hydrogen) atoms. The second-order valence-electron chi connectivity index (χ2n) is 10.2. The van der Waals surface area contributed by atoms with Gasteiger partial charge in [-0.25, -0.2) is 4.79 Å². The molecule has 0 aromatic heterocycles. The second-order valence-corrected chi connectivity index (χ2v) is 10.2. The highest BCUT2D eigenvalue weighted by Crippen LogP contribution is 2.30. The van der Waals surface area contributed by atoms with Crippen LogP contribution in [-0.4, -0.2) is 69.3 Å². The summed E-state index contributed by atoms with van der Waals surface area (Å²) in [6.45, 7) is 9.41. The van der Waals surface area contributed by atoms with Crippen LogP contribution in [-0.2, 0) is 19.1 Å². The minimum Gasteiger partial charge on any atom is -0.508 e. The molecule has 0 aliphatic carbocycles. The minimum atomic E-state index is -1.34. The number of rotatable bonds is 10. The lowest BCUT2D eigenvalue weighted by atomic mass is 9.99. The predicted octanol–water partition coefficient (Wildman–Crippen LogP) is 1.33. The lowest BCUT2D eigenvalue weighted by Crippen LogP contribution is -2.55. The highest BCUT2D eigenvalue weighted by Gasteiger charge is 2.38. The fraction of sp³-hybridized carbons (Fsp3) is 0.583. The minimum absolute atomic E-state index is 0.127. The van der Waals surface area contributed by atoms with E-state index in [1.54, 1.807) is 53.7 Å². The van der Waals surface area contributed by atoms with Crippen molar-refractivity contribution in [3.63, 3.8) is 0 Å². The number of aliphatic hydroxyl groups excluding tert-OH is 1. The number of nitrogens with one attached hydrogen (secondary N) is 2. The van der Waals surface area contributed by atoms with Crippen molar-refractivity contribution < 1.29 is 34.1 Å². The lowest BCUT2D eigenvalue weighted by Gasteiger charge is -2.35. The van der Waals surface area contributed by atoms with E-state index in [9.17, 15) is 29.4 Å². The molecule has 0 spiro atoms. The summed E-state index contributed by atoms with van der Waals surface area (Å²) in [7, 11) is 0. The Bertz CT molecular complexity index is 906. The first-order valence-corrected chi connectivity index (χ1v) is 11.3. The first-order chi connectivity index (χ1) is 16.1. The number of nitrogens with zero attached hydrogens (tertiary/aromatic N) is 1. The van der Waals surface area contributed by atoms with Gasteiger partial charge in [0.1, 0.15) is 23.4 Å². The summed E-state index contributed by atoms with van der Waals surface area (Å²) in [5, 5.41) is 25.4. The van der Waals surface area contributed by atoms with Gasteiger partial charge >= 0.3 is 6.09 Å². The average Bonchev–Trinajstić information content (AvgIpc) is 2.68. The van der Waals surface area contributed by atoms with Crippen molar-refractivity contribution in [3.05, 3.63) is 29.8 Å². The van der Waals surface area contributed by atoms with Crippen molar-refractivity contribution in [1.82, 2.24) is 15.5 Å². The van der Waals surface area contributed by atoms with Gasteiger partial charge in [-0.3, -0.25) is 14.4 Å². The number of benzene rings is 1. The zero-order valence-corrected chi connectivity index (χ0v) is 21.3. The second kappa shape index (κ2) is 12.4. The smallest absolute Gasteiger partial charge is 0.408 e. The third-order valence-corrected chi connectivity index (χ3v) is 4.58. The third-order valence-electron chi connectivity index (χ3n) is 4.58. The summed E-state index contributed by atoms with van der Waals surface area (Å²) < 4.78 is 5.24. The number of aliphatic hydroxyl groups is 1. The number of phenols is 1. The molecule has 1 aromatic carbocycles. The molecule has 0 fully saturated rings. The molecular weight excluding hydrogens is 456 g/mol. The first-order valence-electron chi connectivity index (χ1n) is 11.3. The van der Waals surface area contributed by atoms with Crippen LogP contribution in [0.15, 0.2) is 24.3 Å². The number of primary amides is 1. The number of alkyl carbamates (subject to hydrolysis) is 1. The number of para-hydroxylation sites is 1. The van der Waals surface area contributed by atoms with Gasteiger partial charge in [-0.05, 0) is 54.0 Å². The number of phenolic OH excluding ortho intramolecular Hbond substituents is 1. The van der Waals surface area contributed by atoms with Crippen LogP contribution in [0.5, 0.6) is 5.75 Å². The quantitative estimate of drug-likeness (QED) is 0.326. The van der Waals surface area contributed by atoms with E-state index in [4.69, 9.17) is 10.5 Å². The highest BCUT2D eigenvalue weighted by molar-refractivity contribution is 5.93. The topological polar surface area (TPSA) is 171 Å². The van der Waals surface area contributed by atoms with Crippen LogP contribution >= 0.6 is 0 Å². The third kappa shape index (κ3) is 10.2. The molecular formula is C24H38N4O7. The van der Waals surface area contributed by atoms with Gasteiger partial charge in [0.05, 0.1) is 6.61 Å². The number of amides is 4. The maximum absolute atomic E-state index is 13.7. The maximum Gasteiger partial charge on any atom is 0.408 e. The van der Waals surface area contributed by atoms with Crippen LogP contribution in [0, 0.1) is 0 Å². The van der Waals surface area contributed by atoms with Crippen molar-refractivity contribution in [3.8, 4) is 5.75 Å². The molecule has 6 N–H and O–H groups in total. The molecule has 0 bridgehead atoms. The molecule has 0 saturated carbocycles. The van der Waals surface area contributed by atoms with Gasteiger partial charge in [-0.2, -0.15) is 0 Å². The van der Waals surface area contributed by atoms with E-state index in [2.05, 4.69) is 10.6 Å². The molecule has 0 aliphatic rings. The normalized spacial score (nSPS) is 13.3. The molecule has 0 aliphatic heterocycles. The Morgan fingerprint density at radius 3 is 2.17 bits per heavy atom. The van der Waals surface area contributed by atoms with Gasteiger partial charge in [-0.1, -0.05) is 18.2 Å². The summed E-state index contributed by atoms with van der Waals surface area (Å²) in [4.78, 5) is 51.9. The molecule has 196 valence electrons. The van der Waals surface area contributed by atoms with Gasteiger partial charge in [0.25, 0.3) is 0 Å². The zero-order chi connectivity index (χ0) is 27.0. The molecule has 0 heterocycles. The number of ether oxygens (including phenoxy) is 1. The van der Waals surface area contributed by atoms with Gasteiger partial charge in [0, 0.05) is 24.1 Å². The molecule has 0 radical (unpaired) electrons. The monoisotopic (exact) mass is 494 g/mol. The number of aromatic hydroxyl groups is 1. The molecule has 1 rings (SSSR count). The number of carbonyl (C=O) groups excluding carboxylic acids is 4. The standard InChI is InChI=1S/C24H38N4O7/c1-23(2,3)27-20(32)19(15-9-7-8-10-17(15)30)28(13-14-29)21(33)16(11-12-18(25)31)26-22(34)35-24(4,5)6/h7-10,16,19,29-30H,11-14H2,1-6H3,(H2,25,31)(H,26,34)(H,27,32). The summed E-state index contributed by atoms with van der Waals surface area (Å²) in [5.41, 5.74) is 3.86. The first kappa shape index (κ1) is 29.7. The molecule has 11 nitrogen and oxygen atoms in total. The maximum atomic E-state index is 13.7. The number of hydrogen-bond acceptors (Lipinski definition) is 7. The van der Waals surface area contributed by atoms with Crippen LogP contribution in [0.4, 0.5) is 4.79 Å². The number of nitrogens with two attached hydrogens (primary N) is 1. The largest absolute Gasteiger partial charge is 0.508 e. The molecule has 0 saturated heterocycles. The van der Waals surface area contributed by atoms with Gasteiger partial charge in [-0.15, -0.1) is 0 Å². The van der Waals surface area contributed by atoms with E-state index in [1.807, 2.05) is 0 Å². The van der Waals surface area contributed by atoms with E-state index in [-0.39, 0.29) is 30.7 Å². The average molecular weight is 495 g/mol. The van der Waals surface area contributed by atoms with Gasteiger partial charge in [0.15, 0.2) is 0 Å². The van der Waals surface area contributed by atoms with E-state index >= 15 is 0 Å². The van der Waals surface area contributed by atoms with E-state index in [0.717, 1.165) is 4.90 Å². The van der Waals surface area contributed by atoms with Crippen LogP contribution in [0.3, 0.4) is 0 Å². The molecule has 2 atom stereocenters. The Hall–Kier alpha value is -3.34. The van der Waals surface area contributed by atoms with Gasteiger partial charge < -0.3 is 36.2 Å². The summed E-state index contributed by atoms with van der Waals surface area (Å²) in [5.74, 6) is -2.29. The van der Waals surface area contributed by atoms with E-state index in [1.165, 1.54) is 12.1 Å². The Morgan fingerprint density at radius 1 is 1.09 bits per heavy atom. The van der Waals surface area contributed by atoms with E-state index < -0.39 is 53.6 Å². The SMILES string of the molecule is CC(C)(C)NC(=O)C(c1ccccc1O)N(CCO)C(=O)C(CCC(N)=O)NC(=O)OC(C)(C)C. The van der Waals surface area contributed by atoms with Crippen LogP contribution < -0.4 is 16.4 Å². The Balaban J connectivity index is 3.48. The zero-order valence-electron chi connectivity index (χ0n) is 21.3. The Morgan fingerprint density at radius 2 is 1.69 bits per heavy atom. The summed E-state index contributed by atoms with van der Waals surface area (Å²) in [6, 6.07) is 3.39. The highest BCUT2D eigenvalue weighted by atomic mass is 16.6. The van der Waals surface area contributed by atoms with Crippen molar-refractivity contribution in [2.75, 3.05) is 13.2 Å². The lowest BCUT2D eigenvalue weighted by molar-refractivity contribution is -0.144. The molecule has 4 amide bonds. The van der Waals surface area contributed by atoms with Crippen LogP contribution in [0.2, 0.25) is 0 Å².